The topological polar surface area (TPSA) is 87.5 Å². The summed E-state index contributed by atoms with van der Waals surface area (Å²) in [4.78, 5) is 33.9. The van der Waals surface area contributed by atoms with Crippen molar-refractivity contribution in [3.05, 3.63) is 17.5 Å². The van der Waals surface area contributed by atoms with E-state index in [9.17, 15) is 14.4 Å². The number of cyclic esters (lactones) is 2. The Hall–Kier alpha value is -2.18. The molecular weight excluding hydrogens is 228 g/mol. The maximum absolute atomic E-state index is 11.5. The highest BCUT2D eigenvalue weighted by molar-refractivity contribution is 6.00. The van der Waals surface area contributed by atoms with E-state index in [4.69, 9.17) is 0 Å². The Labute approximate surface area is 96.3 Å². The Morgan fingerprint density at radius 3 is 2.82 bits per heavy atom. The number of carbonyl (C=O) groups excluding carboxylic acids is 3. The predicted octanol–water partition coefficient (Wildman–Crippen LogP) is -0.236. The highest BCUT2D eigenvalue weighted by Crippen LogP contribution is 2.29. The number of esters is 3. The second-order valence-electron chi connectivity index (χ2n) is 3.65. The quantitative estimate of drug-likeness (QED) is 0.522. The molecule has 1 aliphatic rings. The van der Waals surface area contributed by atoms with Crippen LogP contribution in [0.15, 0.2) is 6.20 Å². The van der Waals surface area contributed by atoms with Gasteiger partial charge in [0.2, 0.25) is 0 Å². The molecule has 1 unspecified atom stereocenters. The van der Waals surface area contributed by atoms with Crippen LogP contribution in [0.1, 0.15) is 28.4 Å². The van der Waals surface area contributed by atoms with E-state index in [0.29, 0.717) is 5.56 Å². The molecule has 1 atom stereocenters. The Morgan fingerprint density at radius 2 is 2.29 bits per heavy atom. The number of hydrogen-bond acceptors (Lipinski definition) is 6. The van der Waals surface area contributed by atoms with Crippen molar-refractivity contribution in [2.75, 3.05) is 7.11 Å². The molecule has 1 aromatic rings. The third-order valence-electron chi connectivity index (χ3n) is 2.48. The fourth-order valence-electron chi connectivity index (χ4n) is 1.73. The predicted molar refractivity (Wildman–Crippen MR) is 53.0 cm³/mol. The van der Waals surface area contributed by atoms with E-state index in [2.05, 4.69) is 14.6 Å². The van der Waals surface area contributed by atoms with Gasteiger partial charge in [-0.15, -0.1) is 0 Å². The van der Waals surface area contributed by atoms with Crippen molar-refractivity contribution in [3.63, 3.8) is 0 Å². The van der Waals surface area contributed by atoms with Crippen LogP contribution in [0.4, 0.5) is 0 Å². The first-order chi connectivity index (χ1) is 8.02. The molecule has 0 bridgehead atoms. The van der Waals surface area contributed by atoms with Crippen LogP contribution in [0, 0.1) is 0 Å². The molecule has 7 nitrogen and oxygen atoms in total. The Morgan fingerprint density at radius 1 is 1.59 bits per heavy atom. The Bertz CT molecular complexity index is 505. The van der Waals surface area contributed by atoms with Gasteiger partial charge in [0.15, 0.2) is 5.69 Å². The maximum Gasteiger partial charge on any atom is 0.358 e. The van der Waals surface area contributed by atoms with Crippen LogP contribution >= 0.6 is 0 Å². The lowest BCUT2D eigenvalue weighted by Gasteiger charge is -2.02. The monoisotopic (exact) mass is 238 g/mol. The van der Waals surface area contributed by atoms with Crippen LogP contribution < -0.4 is 0 Å². The first-order valence-electron chi connectivity index (χ1n) is 4.89. The zero-order valence-corrected chi connectivity index (χ0v) is 9.30. The summed E-state index contributed by atoms with van der Waals surface area (Å²) < 4.78 is 10.4. The van der Waals surface area contributed by atoms with Gasteiger partial charge in [-0.05, 0) is 0 Å². The van der Waals surface area contributed by atoms with E-state index in [-0.39, 0.29) is 12.1 Å². The SMILES string of the molecule is COC(=O)c1nn(C)cc1C1CC(=O)OC1=O. The molecule has 0 aliphatic carbocycles. The van der Waals surface area contributed by atoms with E-state index >= 15 is 0 Å². The van der Waals surface area contributed by atoms with E-state index in [1.165, 1.54) is 18.0 Å². The van der Waals surface area contributed by atoms with E-state index in [0.717, 1.165) is 0 Å². The minimum absolute atomic E-state index is 0.0339. The zero-order valence-electron chi connectivity index (χ0n) is 9.30. The fraction of sp³-hybridized carbons (Fsp3) is 0.400. The molecule has 1 fully saturated rings. The first kappa shape index (κ1) is 11.3. The summed E-state index contributed by atoms with van der Waals surface area (Å²) in [7, 11) is 2.83. The van der Waals surface area contributed by atoms with Crippen LogP contribution in [-0.2, 0) is 26.1 Å². The zero-order chi connectivity index (χ0) is 12.6. The van der Waals surface area contributed by atoms with Crippen molar-refractivity contribution in [2.45, 2.75) is 12.3 Å². The molecule has 1 aliphatic heterocycles. The molecule has 0 N–H and O–H groups in total. The van der Waals surface area contributed by atoms with Crippen LogP contribution in [0.5, 0.6) is 0 Å². The smallest absolute Gasteiger partial charge is 0.358 e. The number of aromatic nitrogens is 2. The number of nitrogens with zero attached hydrogens (tertiary/aromatic N) is 2. The Balaban J connectivity index is 2.41. The first-order valence-corrected chi connectivity index (χ1v) is 4.89. The average molecular weight is 238 g/mol. The van der Waals surface area contributed by atoms with Gasteiger partial charge in [-0.1, -0.05) is 0 Å². The van der Waals surface area contributed by atoms with Crippen molar-refractivity contribution in [2.24, 2.45) is 7.05 Å². The van der Waals surface area contributed by atoms with Gasteiger partial charge in [0.1, 0.15) is 0 Å². The Kier molecular flexibility index (Phi) is 2.66. The summed E-state index contributed by atoms with van der Waals surface area (Å²) in [5.74, 6) is -2.68. The molecule has 1 aromatic heterocycles. The van der Waals surface area contributed by atoms with Gasteiger partial charge in [0.05, 0.1) is 19.4 Å². The molecule has 0 spiro atoms. The maximum atomic E-state index is 11.5. The van der Waals surface area contributed by atoms with Crippen molar-refractivity contribution in [1.29, 1.82) is 0 Å². The molecule has 7 heteroatoms. The van der Waals surface area contributed by atoms with Crippen molar-refractivity contribution in [1.82, 2.24) is 9.78 Å². The van der Waals surface area contributed by atoms with Crippen LogP contribution in [0.3, 0.4) is 0 Å². The average Bonchev–Trinajstić information content (AvgIpc) is 2.80. The minimum Gasteiger partial charge on any atom is -0.464 e. The van der Waals surface area contributed by atoms with Gasteiger partial charge in [0.25, 0.3) is 0 Å². The number of hydrogen-bond donors (Lipinski definition) is 0. The second-order valence-corrected chi connectivity index (χ2v) is 3.65. The molecule has 2 rings (SSSR count). The number of methoxy groups -OCH3 is 1. The van der Waals surface area contributed by atoms with Gasteiger partial charge in [0, 0.05) is 18.8 Å². The van der Waals surface area contributed by atoms with Gasteiger partial charge >= 0.3 is 17.9 Å². The fourth-order valence-corrected chi connectivity index (χ4v) is 1.73. The lowest BCUT2D eigenvalue weighted by molar-refractivity contribution is -0.152. The van der Waals surface area contributed by atoms with Gasteiger partial charge in [-0.2, -0.15) is 5.10 Å². The number of ether oxygens (including phenoxy) is 2. The lowest BCUT2D eigenvalue weighted by atomic mass is 9.98. The molecule has 0 radical (unpaired) electrons. The molecule has 0 saturated carbocycles. The van der Waals surface area contributed by atoms with Gasteiger partial charge in [-0.25, -0.2) is 4.79 Å². The van der Waals surface area contributed by atoms with E-state index in [1.807, 2.05) is 0 Å². The van der Waals surface area contributed by atoms with Crippen LogP contribution in [0.25, 0.3) is 0 Å². The van der Waals surface area contributed by atoms with Gasteiger partial charge < -0.3 is 9.47 Å². The second kappa shape index (κ2) is 4.00. The van der Waals surface area contributed by atoms with Crippen molar-refractivity contribution >= 4 is 17.9 Å². The molecule has 2 heterocycles. The lowest BCUT2D eigenvalue weighted by Crippen LogP contribution is -2.11. The molecule has 1 saturated heterocycles. The summed E-state index contributed by atoms with van der Waals surface area (Å²) in [6.07, 6.45) is 1.44. The highest BCUT2D eigenvalue weighted by atomic mass is 16.6. The van der Waals surface area contributed by atoms with E-state index < -0.39 is 23.8 Å². The number of rotatable bonds is 2. The van der Waals surface area contributed by atoms with Crippen LogP contribution in [0.2, 0.25) is 0 Å². The number of aryl methyl sites for hydroxylation is 1. The molecule has 0 amide bonds. The normalized spacial score (nSPS) is 19.3. The van der Waals surface area contributed by atoms with Crippen LogP contribution in [-0.4, -0.2) is 34.8 Å². The minimum atomic E-state index is -0.773. The molecule has 90 valence electrons. The largest absolute Gasteiger partial charge is 0.464 e. The standard InChI is InChI=1S/C10H10N2O5/c1-12-4-6(8(11-12)10(15)16-2)5-3-7(13)17-9(5)14/h4-5H,3H2,1-2H3. The summed E-state index contributed by atoms with van der Waals surface area (Å²) >= 11 is 0. The molecular formula is C10H10N2O5. The third kappa shape index (κ3) is 1.91. The highest BCUT2D eigenvalue weighted by Gasteiger charge is 2.38. The third-order valence-corrected chi connectivity index (χ3v) is 2.48. The van der Waals surface area contributed by atoms with Crippen molar-refractivity contribution in [3.8, 4) is 0 Å². The van der Waals surface area contributed by atoms with Gasteiger partial charge in [-0.3, -0.25) is 14.3 Å². The van der Waals surface area contributed by atoms with Crippen molar-refractivity contribution < 1.29 is 23.9 Å². The molecule has 17 heavy (non-hydrogen) atoms. The summed E-state index contributed by atoms with van der Waals surface area (Å²) in [5.41, 5.74) is 0.391. The number of carbonyl (C=O) groups is 3. The summed E-state index contributed by atoms with van der Waals surface area (Å²) in [6.45, 7) is 0. The summed E-state index contributed by atoms with van der Waals surface area (Å²) in [5, 5.41) is 3.91. The van der Waals surface area contributed by atoms with E-state index in [1.54, 1.807) is 7.05 Å². The molecule has 0 aromatic carbocycles. The summed E-state index contributed by atoms with van der Waals surface area (Å²) in [6, 6.07) is 0.